The van der Waals surface area contributed by atoms with Crippen LogP contribution >= 0.6 is 23.1 Å². The summed E-state index contributed by atoms with van der Waals surface area (Å²) < 4.78 is 40.1. The lowest BCUT2D eigenvalue weighted by Gasteiger charge is -2.21. The average Bonchev–Trinajstić information content (AvgIpc) is 3.23. The number of benzene rings is 2. The molecule has 0 aliphatic heterocycles. The highest BCUT2D eigenvalue weighted by Gasteiger charge is 2.43. The van der Waals surface area contributed by atoms with Crippen molar-refractivity contribution in [2.75, 3.05) is 29.5 Å². The van der Waals surface area contributed by atoms with Crippen LogP contribution in [0.25, 0.3) is 10.2 Å². The number of carbonyl (C=O) groups is 2. The van der Waals surface area contributed by atoms with Crippen molar-refractivity contribution in [2.24, 2.45) is 0 Å². The molecule has 0 saturated heterocycles. The van der Waals surface area contributed by atoms with Crippen molar-refractivity contribution in [1.29, 1.82) is 0 Å². The number of nitrogen functional groups attached to an aromatic ring is 1. The minimum Gasteiger partial charge on any atom is -0.399 e. The maximum Gasteiger partial charge on any atom is 0.471 e. The first kappa shape index (κ1) is 25.8. The minimum absolute atomic E-state index is 0.0504. The fourth-order valence-electron chi connectivity index (χ4n) is 3.15. The second-order valence-electron chi connectivity index (χ2n) is 7.54. The highest BCUT2D eigenvalue weighted by molar-refractivity contribution is 8.00. The van der Waals surface area contributed by atoms with Gasteiger partial charge < -0.3 is 11.1 Å². The van der Waals surface area contributed by atoms with Gasteiger partial charge in [0, 0.05) is 23.7 Å². The third kappa shape index (κ3) is 7.63. The van der Waals surface area contributed by atoms with Crippen molar-refractivity contribution in [2.45, 2.75) is 36.8 Å². The molecule has 0 atom stereocenters. The Morgan fingerprint density at radius 2 is 1.74 bits per heavy atom. The largest absolute Gasteiger partial charge is 0.471 e. The van der Waals surface area contributed by atoms with Crippen LogP contribution in [-0.4, -0.2) is 41.8 Å². The third-order valence-corrected chi connectivity index (χ3v) is 6.95. The molecule has 2 amide bonds. The number of hydrogen-bond donors (Lipinski definition) is 2. The Morgan fingerprint density at radius 3 is 2.44 bits per heavy atom. The zero-order valence-electron chi connectivity index (χ0n) is 18.3. The summed E-state index contributed by atoms with van der Waals surface area (Å²) in [6, 6.07) is 14.3. The van der Waals surface area contributed by atoms with Gasteiger partial charge in [-0.05, 0) is 49.2 Å². The molecule has 1 aromatic heterocycles. The van der Waals surface area contributed by atoms with Gasteiger partial charge in [-0.15, -0.1) is 11.8 Å². The number of para-hydroxylation sites is 1. The Balaban J connectivity index is 1.39. The summed E-state index contributed by atoms with van der Waals surface area (Å²) in [5.74, 6) is -1.70. The molecule has 0 bridgehead atoms. The number of alkyl halides is 3. The predicted octanol–water partition coefficient (Wildman–Crippen LogP) is 5.24. The van der Waals surface area contributed by atoms with E-state index in [2.05, 4.69) is 10.3 Å². The second-order valence-corrected chi connectivity index (χ2v) is 9.60. The Bertz CT molecular complexity index is 1070. The van der Waals surface area contributed by atoms with Gasteiger partial charge in [0.1, 0.15) is 0 Å². The molecule has 0 aliphatic rings. The SMILES string of the molecule is Nc1ccc(SCC(=O)NCCCCCCN(C(=O)C(F)(F)F)c2nc3ccccc3s2)cc1. The van der Waals surface area contributed by atoms with Crippen LogP contribution in [0, 0.1) is 0 Å². The molecule has 3 aromatic rings. The van der Waals surface area contributed by atoms with Gasteiger partial charge >= 0.3 is 12.1 Å². The van der Waals surface area contributed by atoms with Crippen LogP contribution in [0.4, 0.5) is 24.0 Å². The first-order valence-electron chi connectivity index (χ1n) is 10.7. The molecule has 2 aromatic carbocycles. The lowest BCUT2D eigenvalue weighted by molar-refractivity contribution is -0.170. The molecule has 0 spiro atoms. The Morgan fingerprint density at radius 1 is 1.03 bits per heavy atom. The van der Waals surface area contributed by atoms with Gasteiger partial charge in [0.2, 0.25) is 5.91 Å². The van der Waals surface area contributed by atoms with Crippen LogP contribution in [0.2, 0.25) is 0 Å². The van der Waals surface area contributed by atoms with Crippen molar-refractivity contribution in [1.82, 2.24) is 10.3 Å². The molecule has 0 radical (unpaired) electrons. The van der Waals surface area contributed by atoms with E-state index in [1.165, 1.54) is 11.8 Å². The van der Waals surface area contributed by atoms with Crippen LogP contribution < -0.4 is 16.0 Å². The van der Waals surface area contributed by atoms with Gasteiger partial charge in [-0.2, -0.15) is 13.2 Å². The van der Waals surface area contributed by atoms with E-state index in [0.29, 0.717) is 42.8 Å². The number of thiazole rings is 1. The Hall–Kier alpha value is -2.79. The van der Waals surface area contributed by atoms with Crippen molar-refractivity contribution in [3.8, 4) is 0 Å². The number of thioether (sulfide) groups is 1. The number of carbonyl (C=O) groups excluding carboxylic acids is 2. The van der Waals surface area contributed by atoms with Gasteiger partial charge in [-0.3, -0.25) is 14.5 Å². The van der Waals surface area contributed by atoms with E-state index in [4.69, 9.17) is 5.73 Å². The lowest BCUT2D eigenvalue weighted by atomic mass is 10.2. The number of aromatic nitrogens is 1. The smallest absolute Gasteiger partial charge is 0.399 e. The van der Waals surface area contributed by atoms with Crippen molar-refractivity contribution >= 4 is 55.9 Å². The summed E-state index contributed by atoms with van der Waals surface area (Å²) >= 11 is 2.48. The summed E-state index contributed by atoms with van der Waals surface area (Å²) in [4.78, 5) is 29.8. The topological polar surface area (TPSA) is 88.3 Å². The molecule has 0 unspecified atom stereocenters. The average molecular weight is 511 g/mol. The summed E-state index contributed by atoms with van der Waals surface area (Å²) in [6.45, 7) is 0.424. The molecule has 0 fully saturated rings. The number of halogens is 3. The zero-order valence-corrected chi connectivity index (χ0v) is 19.9. The molecule has 0 saturated carbocycles. The van der Waals surface area contributed by atoms with Crippen molar-refractivity contribution < 1.29 is 22.8 Å². The number of nitrogens with zero attached hydrogens (tertiary/aromatic N) is 2. The second kappa shape index (κ2) is 12.1. The number of unbranched alkanes of at least 4 members (excludes halogenated alkanes) is 3. The fraction of sp³-hybridized carbons (Fsp3) is 0.348. The number of nitrogens with two attached hydrogens (primary N) is 1. The molecular weight excluding hydrogens is 485 g/mol. The molecular formula is C23H25F3N4O2S2. The summed E-state index contributed by atoms with van der Waals surface area (Å²) in [5, 5.41) is 2.89. The van der Waals surface area contributed by atoms with Crippen molar-refractivity contribution in [3.63, 3.8) is 0 Å². The quantitative estimate of drug-likeness (QED) is 0.209. The zero-order chi connectivity index (χ0) is 24.6. The normalized spacial score (nSPS) is 11.5. The molecule has 11 heteroatoms. The lowest BCUT2D eigenvalue weighted by Crippen LogP contribution is -2.41. The molecule has 3 rings (SSSR count). The third-order valence-electron chi connectivity index (χ3n) is 4.88. The molecule has 0 aliphatic carbocycles. The molecule has 182 valence electrons. The van der Waals surface area contributed by atoms with Crippen LogP contribution in [0.3, 0.4) is 0 Å². The number of hydrogen-bond acceptors (Lipinski definition) is 6. The molecule has 6 nitrogen and oxygen atoms in total. The van der Waals surface area contributed by atoms with Crippen LogP contribution in [-0.2, 0) is 9.59 Å². The van der Waals surface area contributed by atoms with Crippen LogP contribution in [0.15, 0.2) is 53.4 Å². The van der Waals surface area contributed by atoms with Gasteiger partial charge in [-0.1, -0.05) is 36.3 Å². The first-order chi connectivity index (χ1) is 16.2. The minimum atomic E-state index is -4.97. The van der Waals surface area contributed by atoms with Crippen LogP contribution in [0.1, 0.15) is 25.7 Å². The number of anilines is 2. The Labute approximate surface area is 203 Å². The van der Waals surface area contributed by atoms with E-state index in [1.807, 2.05) is 12.1 Å². The monoisotopic (exact) mass is 510 g/mol. The van der Waals surface area contributed by atoms with E-state index in [0.717, 1.165) is 32.3 Å². The van der Waals surface area contributed by atoms with Gasteiger partial charge in [0.25, 0.3) is 0 Å². The van der Waals surface area contributed by atoms with E-state index in [-0.39, 0.29) is 17.6 Å². The number of amides is 2. The number of rotatable bonds is 11. The van der Waals surface area contributed by atoms with Gasteiger partial charge in [0.15, 0.2) is 5.13 Å². The molecule has 34 heavy (non-hydrogen) atoms. The summed E-state index contributed by atoms with van der Waals surface area (Å²) in [7, 11) is 0. The molecule has 1 heterocycles. The maximum atomic E-state index is 13.1. The molecule has 3 N–H and O–H groups in total. The van der Waals surface area contributed by atoms with E-state index in [1.54, 1.807) is 36.4 Å². The first-order valence-corrected chi connectivity index (χ1v) is 12.5. The van der Waals surface area contributed by atoms with Crippen LogP contribution in [0.5, 0.6) is 0 Å². The van der Waals surface area contributed by atoms with Gasteiger partial charge in [-0.25, -0.2) is 4.98 Å². The standard InChI is InChI=1S/C23H25F3N4O2S2/c24-23(25,26)21(32)30(22-29-18-7-3-4-8-19(18)34-22)14-6-2-1-5-13-28-20(31)15-33-17-11-9-16(27)10-12-17/h3-4,7-12H,1-2,5-6,13-15,27H2,(H,28,31). The van der Waals surface area contributed by atoms with E-state index < -0.39 is 12.1 Å². The number of nitrogens with one attached hydrogen (secondary N) is 1. The predicted molar refractivity (Wildman–Crippen MR) is 131 cm³/mol. The fourth-order valence-corrected chi connectivity index (χ4v) is 4.87. The van der Waals surface area contributed by atoms with Gasteiger partial charge in [0.05, 0.1) is 16.0 Å². The summed E-state index contributed by atoms with van der Waals surface area (Å²) in [6.07, 6.45) is -2.51. The maximum absolute atomic E-state index is 13.1. The highest BCUT2D eigenvalue weighted by Crippen LogP contribution is 2.31. The summed E-state index contributed by atoms with van der Waals surface area (Å²) in [5.41, 5.74) is 6.86. The Kier molecular flexibility index (Phi) is 9.17. The van der Waals surface area contributed by atoms with Crippen molar-refractivity contribution in [3.05, 3.63) is 48.5 Å². The highest BCUT2D eigenvalue weighted by atomic mass is 32.2. The number of fused-ring (bicyclic) bond motifs is 1. The van der Waals surface area contributed by atoms with E-state index >= 15 is 0 Å². The van der Waals surface area contributed by atoms with E-state index in [9.17, 15) is 22.8 Å².